The average molecular weight is 524 g/mol. The van der Waals surface area contributed by atoms with Gasteiger partial charge in [0.25, 0.3) is 0 Å². The molecule has 8 nitrogen and oxygen atoms in total. The Balaban J connectivity index is 1.57. The topological polar surface area (TPSA) is 71.3 Å². The van der Waals surface area contributed by atoms with Crippen LogP contribution in [0.15, 0.2) is 30.7 Å². The number of likely N-dealkylation sites (N-methyl/N-ethyl adjacent to an activating group) is 1. The van der Waals surface area contributed by atoms with Crippen LogP contribution in [0.5, 0.6) is 5.75 Å². The Kier molecular flexibility index (Phi) is 9.20. The van der Waals surface area contributed by atoms with E-state index in [-0.39, 0.29) is 11.9 Å². The number of piperidine rings is 1. The van der Waals surface area contributed by atoms with Gasteiger partial charge in [-0.05, 0) is 70.5 Å². The number of aryl methyl sites for hydroxylation is 1. The first-order valence-corrected chi connectivity index (χ1v) is 13.8. The number of anilines is 2. The molecule has 206 valence electrons. The standard InChI is InChI=1S/C29H42FN7O/c1-7-35(8-2)15-16-37-18-25(23-9-10-24(30)21(5)17-23)34-28(37)22-11-13-36(14-12-22)29-26(38-20(3)4)27(31-6)32-19-33-29/h9-10,17-20,22H,7-8,11-16H2,1-6H3,(H,31,32,33). The molecule has 4 rings (SSSR count). The Labute approximate surface area is 226 Å². The van der Waals surface area contributed by atoms with Crippen LogP contribution in [-0.2, 0) is 6.54 Å². The van der Waals surface area contributed by atoms with Crippen molar-refractivity contribution in [1.82, 2.24) is 24.4 Å². The summed E-state index contributed by atoms with van der Waals surface area (Å²) < 4.78 is 22.4. The second-order valence-corrected chi connectivity index (χ2v) is 10.2. The van der Waals surface area contributed by atoms with Crippen LogP contribution in [0.4, 0.5) is 16.0 Å². The minimum Gasteiger partial charge on any atom is -0.484 e. The fourth-order valence-electron chi connectivity index (χ4n) is 5.13. The summed E-state index contributed by atoms with van der Waals surface area (Å²) in [5, 5.41) is 3.14. The van der Waals surface area contributed by atoms with Crippen LogP contribution >= 0.6 is 0 Å². The van der Waals surface area contributed by atoms with Crippen molar-refractivity contribution in [3.05, 3.63) is 47.9 Å². The van der Waals surface area contributed by atoms with Crippen molar-refractivity contribution >= 4 is 11.6 Å². The number of nitrogens with one attached hydrogen (secondary N) is 1. The van der Waals surface area contributed by atoms with Crippen LogP contribution in [0.1, 0.15) is 57.8 Å². The van der Waals surface area contributed by atoms with E-state index in [4.69, 9.17) is 9.72 Å². The van der Waals surface area contributed by atoms with Gasteiger partial charge in [-0.3, -0.25) is 0 Å². The number of ether oxygens (including phenoxy) is 1. The summed E-state index contributed by atoms with van der Waals surface area (Å²) in [4.78, 5) is 18.8. The minimum absolute atomic E-state index is 0.0243. The smallest absolute Gasteiger partial charge is 0.204 e. The van der Waals surface area contributed by atoms with Gasteiger partial charge in [0, 0.05) is 50.9 Å². The average Bonchev–Trinajstić information content (AvgIpc) is 3.35. The molecule has 3 aromatic rings. The molecule has 1 aliphatic heterocycles. The molecule has 3 heterocycles. The maximum atomic E-state index is 13.9. The van der Waals surface area contributed by atoms with E-state index in [1.807, 2.05) is 33.0 Å². The molecule has 0 radical (unpaired) electrons. The third-order valence-corrected chi connectivity index (χ3v) is 7.35. The zero-order chi connectivity index (χ0) is 27.2. The number of rotatable bonds is 11. The van der Waals surface area contributed by atoms with Crippen LogP contribution < -0.4 is 15.0 Å². The van der Waals surface area contributed by atoms with Gasteiger partial charge in [0.15, 0.2) is 11.6 Å². The van der Waals surface area contributed by atoms with Crippen molar-refractivity contribution in [2.75, 3.05) is 50.0 Å². The van der Waals surface area contributed by atoms with Crippen LogP contribution in [0.3, 0.4) is 0 Å². The quantitative estimate of drug-likeness (QED) is 0.364. The van der Waals surface area contributed by atoms with E-state index in [1.54, 1.807) is 13.3 Å². The van der Waals surface area contributed by atoms with Gasteiger partial charge in [-0.2, -0.15) is 0 Å². The Bertz CT molecular complexity index is 1200. The SMILES string of the molecule is CCN(CC)CCn1cc(-c2ccc(F)c(C)c2)nc1C1CCN(c2ncnc(NC)c2OC(C)C)CC1. The lowest BCUT2D eigenvalue weighted by molar-refractivity contribution is 0.242. The van der Waals surface area contributed by atoms with Crippen LogP contribution in [0.25, 0.3) is 11.3 Å². The zero-order valence-electron chi connectivity index (χ0n) is 23.7. The van der Waals surface area contributed by atoms with E-state index in [2.05, 4.69) is 49.7 Å². The van der Waals surface area contributed by atoms with E-state index in [0.717, 1.165) is 75.0 Å². The maximum Gasteiger partial charge on any atom is 0.204 e. The summed E-state index contributed by atoms with van der Waals surface area (Å²) in [6, 6.07) is 5.26. The van der Waals surface area contributed by atoms with E-state index < -0.39 is 0 Å². The van der Waals surface area contributed by atoms with Crippen LogP contribution in [0, 0.1) is 12.7 Å². The Hall–Kier alpha value is -3.20. The zero-order valence-corrected chi connectivity index (χ0v) is 23.7. The van der Waals surface area contributed by atoms with Gasteiger partial charge < -0.3 is 24.4 Å². The highest BCUT2D eigenvalue weighted by molar-refractivity contribution is 5.65. The lowest BCUT2D eigenvalue weighted by Crippen LogP contribution is -2.35. The summed E-state index contributed by atoms with van der Waals surface area (Å²) >= 11 is 0. The molecule has 1 aliphatic rings. The molecule has 1 N–H and O–H groups in total. The monoisotopic (exact) mass is 523 g/mol. The Morgan fingerprint density at radius 3 is 2.53 bits per heavy atom. The van der Waals surface area contributed by atoms with Gasteiger partial charge in [-0.15, -0.1) is 0 Å². The summed E-state index contributed by atoms with van der Waals surface area (Å²) in [6.07, 6.45) is 5.69. The maximum absolute atomic E-state index is 13.9. The Morgan fingerprint density at radius 2 is 1.89 bits per heavy atom. The van der Waals surface area contributed by atoms with Crippen LogP contribution in [0.2, 0.25) is 0 Å². The Morgan fingerprint density at radius 1 is 1.16 bits per heavy atom. The molecule has 1 fully saturated rings. The molecule has 0 bridgehead atoms. The summed E-state index contributed by atoms with van der Waals surface area (Å²) in [6.45, 7) is 15.8. The van der Waals surface area contributed by atoms with Gasteiger partial charge in [0.2, 0.25) is 5.75 Å². The molecule has 2 aromatic heterocycles. The molecule has 0 atom stereocenters. The molecule has 0 aliphatic carbocycles. The van der Waals surface area contributed by atoms with E-state index >= 15 is 0 Å². The third-order valence-electron chi connectivity index (χ3n) is 7.35. The number of imidazole rings is 1. The first-order chi connectivity index (χ1) is 18.3. The number of hydrogen-bond donors (Lipinski definition) is 1. The first-order valence-electron chi connectivity index (χ1n) is 13.8. The lowest BCUT2D eigenvalue weighted by atomic mass is 9.95. The minimum atomic E-state index is -0.186. The van der Waals surface area contributed by atoms with Gasteiger partial charge in [0.1, 0.15) is 18.0 Å². The first kappa shape index (κ1) is 27.8. The highest BCUT2D eigenvalue weighted by Gasteiger charge is 2.28. The van der Waals surface area contributed by atoms with Crippen molar-refractivity contribution in [1.29, 1.82) is 0 Å². The molecule has 0 spiro atoms. The summed E-state index contributed by atoms with van der Waals surface area (Å²) in [5.74, 6) is 3.51. The number of nitrogens with zero attached hydrogens (tertiary/aromatic N) is 6. The number of aromatic nitrogens is 4. The second kappa shape index (κ2) is 12.6. The molecule has 1 saturated heterocycles. The van der Waals surface area contributed by atoms with Gasteiger partial charge in [0.05, 0.1) is 11.8 Å². The second-order valence-electron chi connectivity index (χ2n) is 10.2. The number of hydrogen-bond acceptors (Lipinski definition) is 7. The largest absolute Gasteiger partial charge is 0.484 e. The fraction of sp³-hybridized carbons (Fsp3) is 0.552. The molecule has 1 aromatic carbocycles. The van der Waals surface area contributed by atoms with Gasteiger partial charge in [-0.25, -0.2) is 19.3 Å². The molecule has 9 heteroatoms. The third kappa shape index (κ3) is 6.26. The van der Waals surface area contributed by atoms with Gasteiger partial charge >= 0.3 is 0 Å². The number of halogens is 1. The van der Waals surface area contributed by atoms with Crippen molar-refractivity contribution in [2.45, 2.75) is 66.0 Å². The van der Waals surface area contributed by atoms with Crippen LogP contribution in [-0.4, -0.2) is 70.3 Å². The lowest BCUT2D eigenvalue weighted by Gasteiger charge is -2.34. The van der Waals surface area contributed by atoms with Gasteiger partial charge in [-0.1, -0.05) is 13.8 Å². The van der Waals surface area contributed by atoms with Crippen molar-refractivity contribution in [3.8, 4) is 17.0 Å². The van der Waals surface area contributed by atoms with E-state index in [0.29, 0.717) is 23.0 Å². The van der Waals surface area contributed by atoms with Crippen molar-refractivity contribution in [2.24, 2.45) is 0 Å². The molecular formula is C29H42FN7O. The highest BCUT2D eigenvalue weighted by Crippen LogP contribution is 2.37. The molecule has 0 saturated carbocycles. The number of benzene rings is 1. The summed E-state index contributed by atoms with van der Waals surface area (Å²) in [5.41, 5.74) is 2.51. The predicted molar refractivity (Wildman–Crippen MR) is 152 cm³/mol. The van der Waals surface area contributed by atoms with Crippen molar-refractivity contribution < 1.29 is 9.13 Å². The highest BCUT2D eigenvalue weighted by atomic mass is 19.1. The fourth-order valence-corrected chi connectivity index (χ4v) is 5.13. The van der Waals surface area contributed by atoms with Crippen molar-refractivity contribution in [3.63, 3.8) is 0 Å². The molecule has 0 amide bonds. The molecular weight excluding hydrogens is 481 g/mol. The summed E-state index contributed by atoms with van der Waals surface area (Å²) in [7, 11) is 1.85. The normalized spacial score (nSPS) is 14.5. The molecule has 0 unspecified atom stereocenters. The predicted octanol–water partition coefficient (Wildman–Crippen LogP) is 5.34. The van der Waals surface area contributed by atoms with E-state index in [1.165, 1.54) is 6.07 Å². The molecule has 38 heavy (non-hydrogen) atoms. The van der Waals surface area contributed by atoms with E-state index in [9.17, 15) is 4.39 Å².